The molecule has 0 amide bonds. The summed E-state index contributed by atoms with van der Waals surface area (Å²) < 4.78 is 10.7. The third-order valence-electron chi connectivity index (χ3n) is 3.31. The van der Waals surface area contributed by atoms with E-state index in [2.05, 4.69) is 11.4 Å². The second-order valence-corrected chi connectivity index (χ2v) is 6.04. The number of methoxy groups -OCH3 is 1. The van der Waals surface area contributed by atoms with E-state index in [0.29, 0.717) is 13.0 Å². The minimum absolute atomic E-state index is 0.190. The summed E-state index contributed by atoms with van der Waals surface area (Å²) in [6, 6.07) is 6.29. The van der Waals surface area contributed by atoms with Crippen LogP contribution in [0.1, 0.15) is 38.3 Å². The number of hydrogen-bond acceptors (Lipinski definition) is 4. The van der Waals surface area contributed by atoms with Gasteiger partial charge in [-0.3, -0.25) is 10.1 Å². The number of aryl methyl sites for hydroxylation is 2. The number of carbonyl (C=O) groups excluding carboxylic acids is 1. The van der Waals surface area contributed by atoms with Crippen molar-refractivity contribution in [3.8, 4) is 5.75 Å². The standard InChI is InChI=1S/C17H27NO3/c1-12(2)18-17(5,16(19)20-6)7-8-21-15-10-13(3)9-14(4)11-15/h9-12,18H,7-8H2,1-6H3. The monoisotopic (exact) mass is 293 g/mol. The van der Waals surface area contributed by atoms with Crippen LogP contribution >= 0.6 is 0 Å². The lowest BCUT2D eigenvalue weighted by Crippen LogP contribution is -2.53. The van der Waals surface area contributed by atoms with Crippen molar-refractivity contribution < 1.29 is 14.3 Å². The first-order chi connectivity index (χ1) is 9.76. The van der Waals surface area contributed by atoms with Crippen LogP contribution < -0.4 is 10.1 Å². The summed E-state index contributed by atoms with van der Waals surface area (Å²) in [5, 5.41) is 3.26. The zero-order valence-corrected chi connectivity index (χ0v) is 13.9. The molecule has 0 heterocycles. The first kappa shape index (κ1) is 17.5. The minimum Gasteiger partial charge on any atom is -0.493 e. The molecule has 1 aromatic rings. The Labute approximate surface area is 127 Å². The van der Waals surface area contributed by atoms with Crippen molar-refractivity contribution >= 4 is 5.97 Å². The minimum atomic E-state index is -0.734. The molecular weight excluding hydrogens is 266 g/mol. The van der Waals surface area contributed by atoms with E-state index in [9.17, 15) is 4.79 Å². The molecule has 0 bridgehead atoms. The number of nitrogens with one attached hydrogen (secondary N) is 1. The second-order valence-electron chi connectivity index (χ2n) is 6.04. The number of esters is 1. The third kappa shape index (κ3) is 5.38. The topological polar surface area (TPSA) is 47.6 Å². The fourth-order valence-corrected chi connectivity index (χ4v) is 2.48. The fourth-order valence-electron chi connectivity index (χ4n) is 2.48. The van der Waals surface area contributed by atoms with Gasteiger partial charge in [0.15, 0.2) is 0 Å². The molecule has 0 spiro atoms. The van der Waals surface area contributed by atoms with Crippen LogP contribution in [0.5, 0.6) is 5.75 Å². The van der Waals surface area contributed by atoms with Crippen molar-refractivity contribution in [1.29, 1.82) is 0 Å². The number of carbonyl (C=O) groups is 1. The summed E-state index contributed by atoms with van der Waals surface area (Å²) in [4.78, 5) is 12.0. The van der Waals surface area contributed by atoms with Gasteiger partial charge in [-0.15, -0.1) is 0 Å². The highest BCUT2D eigenvalue weighted by atomic mass is 16.5. The molecule has 4 nitrogen and oxygen atoms in total. The molecule has 0 saturated heterocycles. The molecule has 0 saturated carbocycles. The molecule has 0 fully saturated rings. The fraction of sp³-hybridized carbons (Fsp3) is 0.588. The van der Waals surface area contributed by atoms with E-state index < -0.39 is 5.54 Å². The van der Waals surface area contributed by atoms with E-state index in [1.165, 1.54) is 18.2 Å². The Morgan fingerprint density at radius 2 is 1.81 bits per heavy atom. The maximum absolute atomic E-state index is 12.0. The maximum Gasteiger partial charge on any atom is 0.325 e. The van der Waals surface area contributed by atoms with Crippen molar-refractivity contribution in [2.24, 2.45) is 0 Å². The molecule has 1 N–H and O–H groups in total. The van der Waals surface area contributed by atoms with E-state index in [4.69, 9.17) is 9.47 Å². The molecule has 0 aliphatic rings. The zero-order chi connectivity index (χ0) is 16.0. The first-order valence-corrected chi connectivity index (χ1v) is 7.34. The molecule has 21 heavy (non-hydrogen) atoms. The molecule has 1 aromatic carbocycles. The van der Waals surface area contributed by atoms with Crippen molar-refractivity contribution in [2.75, 3.05) is 13.7 Å². The Balaban J connectivity index is 2.67. The van der Waals surface area contributed by atoms with Crippen molar-refractivity contribution in [2.45, 2.75) is 52.6 Å². The molecule has 1 unspecified atom stereocenters. The highest BCUT2D eigenvalue weighted by Crippen LogP contribution is 2.19. The van der Waals surface area contributed by atoms with Crippen LogP contribution in [-0.4, -0.2) is 31.3 Å². The van der Waals surface area contributed by atoms with Gasteiger partial charge in [0.25, 0.3) is 0 Å². The van der Waals surface area contributed by atoms with Gasteiger partial charge in [-0.1, -0.05) is 6.07 Å². The van der Waals surface area contributed by atoms with Gasteiger partial charge in [0, 0.05) is 12.5 Å². The predicted octanol–water partition coefficient (Wildman–Crippen LogP) is 3.00. The molecule has 0 aliphatic heterocycles. The summed E-state index contributed by atoms with van der Waals surface area (Å²) in [7, 11) is 1.41. The van der Waals surface area contributed by atoms with E-state index >= 15 is 0 Å². The Kier molecular flexibility index (Phi) is 6.21. The van der Waals surface area contributed by atoms with Crippen molar-refractivity contribution in [3.63, 3.8) is 0 Å². The van der Waals surface area contributed by atoms with Gasteiger partial charge in [-0.05, 0) is 57.9 Å². The Morgan fingerprint density at radius 1 is 1.24 bits per heavy atom. The number of hydrogen-bond donors (Lipinski definition) is 1. The molecule has 0 radical (unpaired) electrons. The van der Waals surface area contributed by atoms with Crippen LogP contribution in [0.25, 0.3) is 0 Å². The number of benzene rings is 1. The van der Waals surface area contributed by atoms with Gasteiger partial charge in [0.1, 0.15) is 11.3 Å². The van der Waals surface area contributed by atoms with Crippen molar-refractivity contribution in [3.05, 3.63) is 29.3 Å². The lowest BCUT2D eigenvalue weighted by atomic mass is 9.97. The van der Waals surface area contributed by atoms with Gasteiger partial charge >= 0.3 is 5.97 Å². The lowest BCUT2D eigenvalue weighted by Gasteiger charge is -2.30. The first-order valence-electron chi connectivity index (χ1n) is 7.34. The van der Waals surface area contributed by atoms with Crippen LogP contribution in [0.2, 0.25) is 0 Å². The Hall–Kier alpha value is -1.55. The Bertz CT molecular complexity index is 465. The average Bonchev–Trinajstić information content (AvgIpc) is 2.35. The van der Waals surface area contributed by atoms with E-state index in [-0.39, 0.29) is 12.0 Å². The maximum atomic E-state index is 12.0. The molecule has 4 heteroatoms. The van der Waals surface area contributed by atoms with Crippen LogP contribution in [0.3, 0.4) is 0 Å². The number of rotatable bonds is 7. The van der Waals surface area contributed by atoms with Gasteiger partial charge in [0.2, 0.25) is 0 Å². The zero-order valence-electron chi connectivity index (χ0n) is 13.9. The van der Waals surface area contributed by atoms with Crippen LogP contribution in [-0.2, 0) is 9.53 Å². The summed E-state index contributed by atoms with van der Waals surface area (Å²) >= 11 is 0. The highest BCUT2D eigenvalue weighted by molar-refractivity contribution is 5.80. The van der Waals surface area contributed by atoms with Gasteiger partial charge in [0.05, 0.1) is 13.7 Å². The largest absolute Gasteiger partial charge is 0.493 e. The highest BCUT2D eigenvalue weighted by Gasteiger charge is 2.34. The van der Waals surface area contributed by atoms with E-state index in [1.807, 2.05) is 46.8 Å². The molecular formula is C17H27NO3. The van der Waals surface area contributed by atoms with Gasteiger partial charge in [-0.2, -0.15) is 0 Å². The quantitative estimate of drug-likeness (QED) is 0.785. The predicted molar refractivity (Wildman–Crippen MR) is 84.7 cm³/mol. The van der Waals surface area contributed by atoms with Crippen LogP contribution in [0, 0.1) is 13.8 Å². The molecule has 118 valence electrons. The lowest BCUT2D eigenvalue weighted by molar-refractivity contribution is -0.148. The summed E-state index contributed by atoms with van der Waals surface area (Å²) in [5.74, 6) is 0.574. The normalized spacial score (nSPS) is 13.9. The van der Waals surface area contributed by atoms with E-state index in [1.54, 1.807) is 0 Å². The molecule has 0 aliphatic carbocycles. The van der Waals surface area contributed by atoms with Crippen LogP contribution in [0.15, 0.2) is 18.2 Å². The molecule has 1 rings (SSSR count). The van der Waals surface area contributed by atoms with E-state index in [0.717, 1.165) is 5.75 Å². The average molecular weight is 293 g/mol. The third-order valence-corrected chi connectivity index (χ3v) is 3.31. The van der Waals surface area contributed by atoms with Gasteiger partial charge in [-0.25, -0.2) is 0 Å². The smallest absolute Gasteiger partial charge is 0.325 e. The summed E-state index contributed by atoms with van der Waals surface area (Å²) in [5.41, 5.74) is 1.60. The summed E-state index contributed by atoms with van der Waals surface area (Å²) in [6.45, 7) is 10.4. The molecule has 0 aromatic heterocycles. The SMILES string of the molecule is COC(=O)C(C)(CCOc1cc(C)cc(C)c1)NC(C)C. The number of ether oxygens (including phenoxy) is 2. The Morgan fingerprint density at radius 3 is 2.29 bits per heavy atom. The van der Waals surface area contributed by atoms with Crippen molar-refractivity contribution in [1.82, 2.24) is 5.32 Å². The summed E-state index contributed by atoms with van der Waals surface area (Å²) in [6.07, 6.45) is 0.546. The second kappa shape index (κ2) is 7.46. The molecule has 1 atom stereocenters. The van der Waals surface area contributed by atoms with Crippen LogP contribution in [0.4, 0.5) is 0 Å². The van der Waals surface area contributed by atoms with Gasteiger partial charge < -0.3 is 9.47 Å².